The number of hydrogen-bond acceptors (Lipinski definition) is 3. The fraction of sp³-hybridized carbons (Fsp3) is 0.615. The van der Waals surface area contributed by atoms with Gasteiger partial charge in [0.2, 0.25) is 0 Å². The van der Waals surface area contributed by atoms with Crippen molar-refractivity contribution < 1.29 is 9.21 Å². The molecule has 1 N–H and O–H groups in total. The number of rotatable bonds is 4. The largest absolute Gasteiger partial charge is 0.440 e. The van der Waals surface area contributed by atoms with Crippen LogP contribution in [0.2, 0.25) is 5.22 Å². The van der Waals surface area contributed by atoms with Crippen molar-refractivity contribution in [2.24, 2.45) is 0 Å². The molecule has 18 heavy (non-hydrogen) atoms. The zero-order valence-corrected chi connectivity index (χ0v) is 11.5. The lowest BCUT2D eigenvalue weighted by Crippen LogP contribution is -2.44. The number of carbonyl (C=O) groups is 1. The second-order valence-corrected chi connectivity index (χ2v) is 5.32. The lowest BCUT2D eigenvalue weighted by Gasteiger charge is -2.28. The van der Waals surface area contributed by atoms with Crippen LogP contribution in [-0.2, 0) is 0 Å². The van der Waals surface area contributed by atoms with Crippen molar-refractivity contribution in [2.75, 3.05) is 13.1 Å². The van der Waals surface area contributed by atoms with Crippen molar-refractivity contribution >= 4 is 17.5 Å². The SMILES string of the molecule is CC(C)N(CC1CCCN1)C(=O)c1ccc(Cl)o1. The van der Waals surface area contributed by atoms with Gasteiger partial charge in [0, 0.05) is 18.6 Å². The van der Waals surface area contributed by atoms with Gasteiger partial charge >= 0.3 is 0 Å². The highest BCUT2D eigenvalue weighted by Gasteiger charge is 2.26. The van der Waals surface area contributed by atoms with Gasteiger partial charge in [-0.1, -0.05) is 0 Å². The van der Waals surface area contributed by atoms with Crippen LogP contribution in [0.25, 0.3) is 0 Å². The predicted octanol–water partition coefficient (Wildman–Crippen LogP) is 2.54. The van der Waals surface area contributed by atoms with Gasteiger partial charge in [0.25, 0.3) is 5.91 Å². The molecule has 0 aliphatic carbocycles. The predicted molar refractivity (Wildman–Crippen MR) is 70.9 cm³/mol. The summed E-state index contributed by atoms with van der Waals surface area (Å²) < 4.78 is 5.19. The van der Waals surface area contributed by atoms with Gasteiger partial charge in [-0.05, 0) is 57.0 Å². The summed E-state index contributed by atoms with van der Waals surface area (Å²) >= 11 is 5.71. The van der Waals surface area contributed by atoms with E-state index in [-0.39, 0.29) is 17.2 Å². The molecule has 4 nitrogen and oxygen atoms in total. The van der Waals surface area contributed by atoms with Crippen molar-refractivity contribution in [3.05, 3.63) is 23.1 Å². The molecule has 0 spiro atoms. The first-order valence-corrected chi connectivity index (χ1v) is 6.75. The monoisotopic (exact) mass is 270 g/mol. The summed E-state index contributed by atoms with van der Waals surface area (Å²) in [5.41, 5.74) is 0. The van der Waals surface area contributed by atoms with Crippen LogP contribution in [0.1, 0.15) is 37.2 Å². The molecule has 2 heterocycles. The van der Waals surface area contributed by atoms with E-state index in [2.05, 4.69) is 5.32 Å². The smallest absolute Gasteiger partial charge is 0.289 e. The summed E-state index contributed by atoms with van der Waals surface area (Å²) in [5, 5.41) is 3.65. The molecule has 1 aliphatic rings. The molecule has 1 saturated heterocycles. The Morgan fingerprint density at radius 2 is 2.39 bits per heavy atom. The molecule has 5 heteroatoms. The van der Waals surface area contributed by atoms with Crippen molar-refractivity contribution in [1.82, 2.24) is 10.2 Å². The van der Waals surface area contributed by atoms with Gasteiger partial charge in [0.05, 0.1) is 0 Å². The number of halogens is 1. The van der Waals surface area contributed by atoms with Gasteiger partial charge in [-0.25, -0.2) is 0 Å². The Morgan fingerprint density at radius 1 is 1.61 bits per heavy atom. The summed E-state index contributed by atoms with van der Waals surface area (Å²) in [7, 11) is 0. The summed E-state index contributed by atoms with van der Waals surface area (Å²) in [6.07, 6.45) is 2.30. The molecule has 1 aliphatic heterocycles. The lowest BCUT2D eigenvalue weighted by molar-refractivity contribution is 0.0656. The van der Waals surface area contributed by atoms with E-state index in [1.54, 1.807) is 12.1 Å². The Kier molecular flexibility index (Phi) is 4.30. The standard InChI is InChI=1S/C13H19ClN2O2/c1-9(2)16(8-10-4-3-7-15-10)13(17)11-5-6-12(14)18-11/h5-6,9-10,15H,3-4,7-8H2,1-2H3. The quantitative estimate of drug-likeness (QED) is 0.915. The second kappa shape index (κ2) is 5.76. The van der Waals surface area contributed by atoms with E-state index >= 15 is 0 Å². The van der Waals surface area contributed by atoms with Gasteiger partial charge in [-0.15, -0.1) is 0 Å². The number of hydrogen-bond donors (Lipinski definition) is 1. The van der Waals surface area contributed by atoms with E-state index in [0.29, 0.717) is 11.8 Å². The first-order valence-electron chi connectivity index (χ1n) is 6.37. The van der Waals surface area contributed by atoms with E-state index in [1.807, 2.05) is 18.7 Å². The minimum absolute atomic E-state index is 0.0920. The fourth-order valence-corrected chi connectivity index (χ4v) is 2.40. The van der Waals surface area contributed by atoms with Gasteiger partial charge < -0.3 is 14.6 Å². The van der Waals surface area contributed by atoms with E-state index in [1.165, 1.54) is 6.42 Å². The Labute approximate surface area is 112 Å². The zero-order chi connectivity index (χ0) is 13.1. The van der Waals surface area contributed by atoms with Crippen molar-refractivity contribution in [1.29, 1.82) is 0 Å². The molecule has 100 valence electrons. The molecule has 1 atom stereocenters. The van der Waals surface area contributed by atoms with E-state index in [4.69, 9.17) is 16.0 Å². The number of amides is 1. The molecule has 1 unspecified atom stereocenters. The third-order valence-corrected chi connectivity index (χ3v) is 3.45. The van der Waals surface area contributed by atoms with E-state index < -0.39 is 0 Å². The zero-order valence-electron chi connectivity index (χ0n) is 10.8. The molecule has 1 fully saturated rings. The molecule has 1 aromatic rings. The van der Waals surface area contributed by atoms with Crippen molar-refractivity contribution in [2.45, 2.75) is 38.8 Å². The van der Waals surface area contributed by atoms with Gasteiger partial charge in [0.15, 0.2) is 11.0 Å². The highest BCUT2D eigenvalue weighted by molar-refractivity contribution is 6.29. The summed E-state index contributed by atoms with van der Waals surface area (Å²) in [4.78, 5) is 14.2. The van der Waals surface area contributed by atoms with Crippen LogP contribution in [0.5, 0.6) is 0 Å². The average molecular weight is 271 g/mol. The number of nitrogens with one attached hydrogen (secondary N) is 1. The Hall–Kier alpha value is -1.00. The summed E-state index contributed by atoms with van der Waals surface area (Å²) in [6.45, 7) is 5.78. The highest BCUT2D eigenvalue weighted by Crippen LogP contribution is 2.17. The van der Waals surface area contributed by atoms with Crippen LogP contribution in [-0.4, -0.2) is 36.0 Å². The molecule has 0 bridgehead atoms. The highest BCUT2D eigenvalue weighted by atomic mass is 35.5. The first-order chi connectivity index (χ1) is 8.58. The van der Waals surface area contributed by atoms with Crippen LogP contribution in [0.3, 0.4) is 0 Å². The lowest BCUT2D eigenvalue weighted by atomic mass is 10.2. The minimum atomic E-state index is -0.0920. The van der Waals surface area contributed by atoms with Crippen LogP contribution in [0.4, 0.5) is 0 Å². The topological polar surface area (TPSA) is 45.5 Å². The molecular formula is C13H19ClN2O2. The van der Waals surface area contributed by atoms with Crippen molar-refractivity contribution in [3.8, 4) is 0 Å². The third kappa shape index (κ3) is 3.06. The van der Waals surface area contributed by atoms with Crippen LogP contribution in [0.15, 0.2) is 16.5 Å². The van der Waals surface area contributed by atoms with Gasteiger partial charge in [0.1, 0.15) is 0 Å². The van der Waals surface area contributed by atoms with E-state index in [0.717, 1.165) is 19.5 Å². The molecule has 1 aromatic heterocycles. The van der Waals surface area contributed by atoms with Crippen LogP contribution >= 0.6 is 11.6 Å². The third-order valence-electron chi connectivity index (χ3n) is 3.25. The van der Waals surface area contributed by atoms with Crippen LogP contribution < -0.4 is 5.32 Å². The second-order valence-electron chi connectivity index (χ2n) is 4.95. The minimum Gasteiger partial charge on any atom is -0.440 e. The number of carbonyl (C=O) groups excluding carboxylic acids is 1. The normalized spacial score (nSPS) is 19.4. The first kappa shape index (κ1) is 13.4. The maximum absolute atomic E-state index is 12.3. The van der Waals surface area contributed by atoms with Crippen molar-refractivity contribution in [3.63, 3.8) is 0 Å². The number of nitrogens with zero attached hydrogens (tertiary/aromatic N) is 1. The van der Waals surface area contributed by atoms with E-state index in [9.17, 15) is 4.79 Å². The van der Waals surface area contributed by atoms with Gasteiger partial charge in [-0.3, -0.25) is 4.79 Å². The summed E-state index contributed by atoms with van der Waals surface area (Å²) in [6, 6.07) is 3.76. The Balaban J connectivity index is 2.06. The Bertz CT molecular complexity index is 411. The molecule has 0 aromatic carbocycles. The maximum Gasteiger partial charge on any atom is 0.289 e. The average Bonchev–Trinajstić information content (AvgIpc) is 2.95. The fourth-order valence-electron chi connectivity index (χ4n) is 2.25. The van der Waals surface area contributed by atoms with Gasteiger partial charge in [-0.2, -0.15) is 0 Å². The maximum atomic E-state index is 12.3. The molecular weight excluding hydrogens is 252 g/mol. The summed E-state index contributed by atoms with van der Waals surface area (Å²) in [5.74, 6) is 0.220. The Morgan fingerprint density at radius 3 is 2.89 bits per heavy atom. The molecule has 2 rings (SSSR count). The molecule has 1 amide bonds. The number of furan rings is 1. The molecule has 0 saturated carbocycles. The van der Waals surface area contributed by atoms with Crippen LogP contribution in [0, 0.1) is 0 Å². The molecule has 0 radical (unpaired) electrons.